The molecule has 124 valence electrons. The highest BCUT2D eigenvalue weighted by atomic mass is 16.5. The Kier molecular flexibility index (Phi) is 5.25. The van der Waals surface area contributed by atoms with E-state index >= 15 is 0 Å². The van der Waals surface area contributed by atoms with Crippen molar-refractivity contribution in [2.75, 3.05) is 59.0 Å². The van der Waals surface area contributed by atoms with Crippen molar-refractivity contribution in [1.82, 2.24) is 14.7 Å². The molecular formula is C17H23N3O3. The highest BCUT2D eigenvalue weighted by Crippen LogP contribution is 2.09. The minimum Gasteiger partial charge on any atom is -0.379 e. The van der Waals surface area contributed by atoms with Crippen LogP contribution in [0, 0.1) is 0 Å². The maximum absolute atomic E-state index is 12.4. The highest BCUT2D eigenvalue weighted by molar-refractivity contribution is 5.94. The zero-order chi connectivity index (χ0) is 16.1. The zero-order valence-corrected chi connectivity index (χ0v) is 13.3. The third-order valence-corrected chi connectivity index (χ3v) is 4.40. The van der Waals surface area contributed by atoms with Crippen LogP contribution in [-0.2, 0) is 9.53 Å². The lowest BCUT2D eigenvalue weighted by atomic mass is 10.2. The van der Waals surface area contributed by atoms with Crippen LogP contribution in [-0.4, -0.2) is 85.5 Å². The van der Waals surface area contributed by atoms with Gasteiger partial charge in [0.25, 0.3) is 5.91 Å². The molecule has 0 atom stereocenters. The van der Waals surface area contributed by atoms with Crippen molar-refractivity contribution in [3.05, 3.63) is 35.9 Å². The predicted octanol–water partition coefficient (Wildman–Crippen LogP) is 0.303. The molecule has 0 spiro atoms. The molecule has 2 fully saturated rings. The van der Waals surface area contributed by atoms with Crippen molar-refractivity contribution in [2.24, 2.45) is 0 Å². The van der Waals surface area contributed by atoms with Crippen LogP contribution >= 0.6 is 0 Å². The van der Waals surface area contributed by atoms with E-state index < -0.39 is 0 Å². The van der Waals surface area contributed by atoms with Gasteiger partial charge in [-0.3, -0.25) is 14.5 Å². The van der Waals surface area contributed by atoms with Crippen molar-refractivity contribution in [1.29, 1.82) is 0 Å². The Balaban J connectivity index is 1.48. The Labute approximate surface area is 136 Å². The number of hydrogen-bond donors (Lipinski definition) is 0. The molecule has 2 heterocycles. The zero-order valence-electron chi connectivity index (χ0n) is 13.3. The Morgan fingerprint density at radius 1 is 0.870 bits per heavy atom. The Morgan fingerprint density at radius 3 is 2.13 bits per heavy atom. The van der Waals surface area contributed by atoms with Gasteiger partial charge in [-0.1, -0.05) is 18.2 Å². The van der Waals surface area contributed by atoms with Crippen molar-refractivity contribution in [3.63, 3.8) is 0 Å². The molecule has 6 nitrogen and oxygen atoms in total. The lowest BCUT2D eigenvalue weighted by molar-refractivity contribution is -0.134. The summed E-state index contributed by atoms with van der Waals surface area (Å²) in [6.45, 7) is 5.92. The van der Waals surface area contributed by atoms with E-state index in [0.717, 1.165) is 13.1 Å². The molecule has 3 rings (SSSR count). The summed E-state index contributed by atoms with van der Waals surface area (Å²) in [6.07, 6.45) is 0. The van der Waals surface area contributed by atoms with E-state index in [1.165, 1.54) is 0 Å². The molecule has 2 saturated heterocycles. The molecule has 2 aliphatic heterocycles. The number of piperazine rings is 1. The summed E-state index contributed by atoms with van der Waals surface area (Å²) in [4.78, 5) is 30.6. The van der Waals surface area contributed by atoms with E-state index in [9.17, 15) is 9.59 Å². The minimum atomic E-state index is 0.0471. The third-order valence-electron chi connectivity index (χ3n) is 4.40. The maximum atomic E-state index is 12.4. The first-order chi connectivity index (χ1) is 11.2. The number of ether oxygens (including phenoxy) is 1. The van der Waals surface area contributed by atoms with Crippen molar-refractivity contribution < 1.29 is 14.3 Å². The second kappa shape index (κ2) is 7.57. The van der Waals surface area contributed by atoms with E-state index in [2.05, 4.69) is 4.90 Å². The normalized spacial score (nSPS) is 19.7. The summed E-state index contributed by atoms with van der Waals surface area (Å²) in [5, 5.41) is 0. The molecule has 0 unspecified atom stereocenters. The molecule has 1 aromatic rings. The van der Waals surface area contributed by atoms with Gasteiger partial charge in [-0.25, -0.2) is 0 Å². The largest absolute Gasteiger partial charge is 0.379 e. The summed E-state index contributed by atoms with van der Waals surface area (Å²) in [5.74, 6) is 0.199. The van der Waals surface area contributed by atoms with E-state index in [1.807, 2.05) is 40.1 Å². The van der Waals surface area contributed by atoms with Gasteiger partial charge in [0, 0.05) is 44.8 Å². The standard InChI is InChI=1S/C17H23N3O3/c21-16(14-18-10-12-23-13-11-18)19-6-8-20(9-7-19)17(22)15-4-2-1-3-5-15/h1-5H,6-14H2. The quantitative estimate of drug-likeness (QED) is 0.805. The Bertz CT molecular complexity index is 535. The van der Waals surface area contributed by atoms with E-state index in [4.69, 9.17) is 4.74 Å². The van der Waals surface area contributed by atoms with Crippen LogP contribution in [0.5, 0.6) is 0 Å². The first-order valence-corrected chi connectivity index (χ1v) is 8.16. The van der Waals surface area contributed by atoms with Gasteiger partial charge in [-0.2, -0.15) is 0 Å². The van der Waals surface area contributed by atoms with Crippen LogP contribution < -0.4 is 0 Å². The van der Waals surface area contributed by atoms with Gasteiger partial charge < -0.3 is 14.5 Å². The molecule has 0 N–H and O–H groups in total. The molecule has 0 radical (unpaired) electrons. The van der Waals surface area contributed by atoms with Gasteiger partial charge in [0.05, 0.1) is 19.8 Å². The first-order valence-electron chi connectivity index (χ1n) is 8.16. The average molecular weight is 317 g/mol. The fourth-order valence-electron chi connectivity index (χ4n) is 2.97. The Hall–Kier alpha value is -1.92. The molecule has 2 amide bonds. The maximum Gasteiger partial charge on any atom is 0.253 e. The first kappa shape index (κ1) is 16.0. The van der Waals surface area contributed by atoms with Crippen molar-refractivity contribution in [3.8, 4) is 0 Å². The molecule has 0 bridgehead atoms. The molecule has 1 aromatic carbocycles. The lowest BCUT2D eigenvalue weighted by Crippen LogP contribution is -2.53. The van der Waals surface area contributed by atoms with Gasteiger partial charge in [-0.05, 0) is 12.1 Å². The van der Waals surface area contributed by atoms with Crippen molar-refractivity contribution in [2.45, 2.75) is 0 Å². The van der Waals surface area contributed by atoms with E-state index in [0.29, 0.717) is 51.5 Å². The molecule has 0 aromatic heterocycles. The van der Waals surface area contributed by atoms with Crippen LogP contribution in [0.3, 0.4) is 0 Å². The fourth-order valence-corrected chi connectivity index (χ4v) is 2.97. The number of carbonyl (C=O) groups is 2. The van der Waals surface area contributed by atoms with Gasteiger partial charge >= 0.3 is 0 Å². The van der Waals surface area contributed by atoms with Crippen LogP contribution in [0.2, 0.25) is 0 Å². The smallest absolute Gasteiger partial charge is 0.253 e. The van der Waals surface area contributed by atoms with E-state index in [-0.39, 0.29) is 11.8 Å². The number of benzene rings is 1. The monoisotopic (exact) mass is 317 g/mol. The molecule has 23 heavy (non-hydrogen) atoms. The number of nitrogens with zero attached hydrogens (tertiary/aromatic N) is 3. The topological polar surface area (TPSA) is 53.1 Å². The fraction of sp³-hybridized carbons (Fsp3) is 0.529. The molecule has 0 aliphatic carbocycles. The molecular weight excluding hydrogens is 294 g/mol. The van der Waals surface area contributed by atoms with Crippen LogP contribution in [0.15, 0.2) is 30.3 Å². The van der Waals surface area contributed by atoms with Crippen molar-refractivity contribution >= 4 is 11.8 Å². The number of hydrogen-bond acceptors (Lipinski definition) is 4. The van der Waals surface area contributed by atoms with Crippen LogP contribution in [0.4, 0.5) is 0 Å². The molecule has 6 heteroatoms. The molecule has 2 aliphatic rings. The summed E-state index contributed by atoms with van der Waals surface area (Å²) in [6, 6.07) is 9.31. The summed E-state index contributed by atoms with van der Waals surface area (Å²) in [7, 11) is 0. The third kappa shape index (κ3) is 4.09. The van der Waals surface area contributed by atoms with Gasteiger partial charge in [0.2, 0.25) is 5.91 Å². The second-order valence-corrected chi connectivity index (χ2v) is 5.93. The number of morpholine rings is 1. The predicted molar refractivity (Wildman–Crippen MR) is 86.2 cm³/mol. The highest BCUT2D eigenvalue weighted by Gasteiger charge is 2.26. The van der Waals surface area contributed by atoms with Crippen LogP contribution in [0.25, 0.3) is 0 Å². The Morgan fingerprint density at radius 2 is 1.48 bits per heavy atom. The van der Waals surface area contributed by atoms with Gasteiger partial charge in [0.1, 0.15) is 0 Å². The van der Waals surface area contributed by atoms with Crippen LogP contribution in [0.1, 0.15) is 10.4 Å². The summed E-state index contributed by atoms with van der Waals surface area (Å²) in [5.41, 5.74) is 0.709. The van der Waals surface area contributed by atoms with E-state index in [1.54, 1.807) is 0 Å². The number of amides is 2. The summed E-state index contributed by atoms with van der Waals surface area (Å²) >= 11 is 0. The molecule has 0 saturated carbocycles. The minimum absolute atomic E-state index is 0.0471. The summed E-state index contributed by atoms with van der Waals surface area (Å²) < 4.78 is 5.30. The number of rotatable bonds is 3. The lowest BCUT2D eigenvalue weighted by Gasteiger charge is -2.36. The van der Waals surface area contributed by atoms with Gasteiger partial charge in [-0.15, -0.1) is 0 Å². The SMILES string of the molecule is O=C(CN1CCOCC1)N1CCN(C(=O)c2ccccc2)CC1. The number of carbonyl (C=O) groups excluding carboxylic acids is 2. The van der Waals surface area contributed by atoms with Gasteiger partial charge in [0.15, 0.2) is 0 Å². The second-order valence-electron chi connectivity index (χ2n) is 5.93. The average Bonchev–Trinajstić information content (AvgIpc) is 2.63.